The molecule has 0 atom stereocenters. The van der Waals surface area contributed by atoms with Crippen molar-refractivity contribution in [2.45, 2.75) is 34.3 Å². The van der Waals surface area contributed by atoms with Gasteiger partial charge in [0.15, 0.2) is 0 Å². The third-order valence-electron chi connectivity index (χ3n) is 4.25. The summed E-state index contributed by atoms with van der Waals surface area (Å²) in [5.41, 5.74) is 8.11. The van der Waals surface area contributed by atoms with Crippen molar-refractivity contribution < 1.29 is 19.1 Å². The molecule has 0 aliphatic heterocycles. The maximum absolute atomic E-state index is 12.5. The molecule has 2 aromatic rings. The number of carbonyl (C=O) groups excluding carboxylic acids is 2. The van der Waals surface area contributed by atoms with Crippen LogP contribution in [-0.2, 0) is 16.1 Å². The second kappa shape index (κ2) is 8.38. The first kappa shape index (κ1) is 19.3. The number of amides is 2. The molecule has 0 radical (unpaired) electrons. The van der Waals surface area contributed by atoms with E-state index in [0.29, 0.717) is 5.69 Å². The minimum Gasteiger partial charge on any atom is -0.452 e. The van der Waals surface area contributed by atoms with E-state index in [9.17, 15) is 9.59 Å². The monoisotopic (exact) mass is 356 g/mol. The smallest absolute Gasteiger partial charge is 0.433 e. The Morgan fingerprint density at radius 3 is 2.12 bits per heavy atom. The summed E-state index contributed by atoms with van der Waals surface area (Å²) < 4.78 is 9.97. The summed E-state index contributed by atoms with van der Waals surface area (Å²) in [5.74, 6) is 0. The molecular weight excluding hydrogens is 332 g/mol. The van der Waals surface area contributed by atoms with Crippen molar-refractivity contribution in [1.29, 1.82) is 0 Å². The Labute approximate surface area is 153 Å². The lowest BCUT2D eigenvalue weighted by Crippen LogP contribution is -2.46. The van der Waals surface area contributed by atoms with Gasteiger partial charge in [0.1, 0.15) is 6.61 Å². The Bertz CT molecular complexity index is 817. The van der Waals surface area contributed by atoms with Gasteiger partial charge in [0.2, 0.25) is 0 Å². The Balaban J connectivity index is 2.17. The molecule has 6 heteroatoms. The number of nitrogens with one attached hydrogen (secondary N) is 1. The summed E-state index contributed by atoms with van der Waals surface area (Å²) in [7, 11) is 1.23. The van der Waals surface area contributed by atoms with Gasteiger partial charge in [0.05, 0.1) is 12.8 Å². The highest BCUT2D eigenvalue weighted by molar-refractivity contribution is 5.90. The molecule has 26 heavy (non-hydrogen) atoms. The summed E-state index contributed by atoms with van der Waals surface area (Å²) >= 11 is 0. The third kappa shape index (κ3) is 4.75. The number of carbonyl (C=O) groups is 2. The summed E-state index contributed by atoms with van der Waals surface area (Å²) in [6.45, 7) is 8.02. The fourth-order valence-electron chi connectivity index (χ4n) is 2.32. The highest BCUT2D eigenvalue weighted by atomic mass is 16.6. The molecule has 0 saturated heterocycles. The number of hydrogen-bond acceptors (Lipinski definition) is 4. The standard InChI is InChI=1S/C20H24N2O4/c1-13-6-8-17(10-15(13)3)12-26-20(24)22(21-19(23)25-5)18-9-7-14(2)16(4)11-18/h6-11H,12H2,1-5H3,(H,21,23). The van der Waals surface area contributed by atoms with Gasteiger partial charge in [-0.25, -0.2) is 15.0 Å². The van der Waals surface area contributed by atoms with Gasteiger partial charge < -0.3 is 9.47 Å². The molecule has 0 aliphatic rings. The summed E-state index contributed by atoms with van der Waals surface area (Å²) in [5, 5.41) is 1.04. The van der Waals surface area contributed by atoms with Crippen molar-refractivity contribution in [2.24, 2.45) is 0 Å². The maximum atomic E-state index is 12.5. The van der Waals surface area contributed by atoms with Crippen LogP contribution >= 0.6 is 0 Å². The number of ether oxygens (including phenoxy) is 2. The number of hydrazine groups is 1. The van der Waals surface area contributed by atoms with Crippen LogP contribution in [0.3, 0.4) is 0 Å². The fraction of sp³-hybridized carbons (Fsp3) is 0.300. The second-order valence-electron chi connectivity index (χ2n) is 6.18. The number of methoxy groups -OCH3 is 1. The zero-order chi connectivity index (χ0) is 19.3. The van der Waals surface area contributed by atoms with Crippen LogP contribution in [0.4, 0.5) is 15.3 Å². The van der Waals surface area contributed by atoms with Crippen molar-refractivity contribution in [1.82, 2.24) is 5.43 Å². The third-order valence-corrected chi connectivity index (χ3v) is 4.25. The second-order valence-corrected chi connectivity index (χ2v) is 6.18. The molecule has 0 unspecified atom stereocenters. The van der Waals surface area contributed by atoms with E-state index in [1.807, 2.05) is 52.0 Å². The summed E-state index contributed by atoms with van der Waals surface area (Å²) in [6, 6.07) is 11.2. The Morgan fingerprint density at radius 2 is 1.54 bits per heavy atom. The summed E-state index contributed by atoms with van der Waals surface area (Å²) in [4.78, 5) is 24.2. The number of benzene rings is 2. The predicted molar refractivity (Wildman–Crippen MR) is 100 cm³/mol. The highest BCUT2D eigenvalue weighted by Gasteiger charge is 2.21. The minimum atomic E-state index is -0.758. The molecule has 0 aliphatic carbocycles. The molecule has 2 aromatic carbocycles. The van der Waals surface area contributed by atoms with Crippen molar-refractivity contribution >= 4 is 17.9 Å². The Kier molecular flexibility index (Phi) is 6.22. The molecule has 6 nitrogen and oxygen atoms in total. The van der Waals surface area contributed by atoms with Gasteiger partial charge in [0.25, 0.3) is 0 Å². The van der Waals surface area contributed by atoms with E-state index in [0.717, 1.165) is 27.3 Å². The first-order chi connectivity index (χ1) is 12.3. The van der Waals surface area contributed by atoms with Crippen LogP contribution in [0.1, 0.15) is 27.8 Å². The normalized spacial score (nSPS) is 10.2. The topological polar surface area (TPSA) is 67.9 Å². The van der Waals surface area contributed by atoms with Crippen LogP contribution in [0, 0.1) is 27.7 Å². The number of anilines is 1. The van der Waals surface area contributed by atoms with E-state index in [1.165, 1.54) is 12.7 Å². The first-order valence-corrected chi connectivity index (χ1v) is 8.26. The molecule has 2 rings (SSSR count). The fourth-order valence-corrected chi connectivity index (χ4v) is 2.32. The summed E-state index contributed by atoms with van der Waals surface area (Å²) in [6.07, 6.45) is -1.46. The molecule has 0 heterocycles. The highest BCUT2D eigenvalue weighted by Crippen LogP contribution is 2.19. The molecular formula is C20H24N2O4. The van der Waals surface area contributed by atoms with Crippen molar-refractivity contribution in [3.63, 3.8) is 0 Å². The SMILES string of the molecule is COC(=O)NN(C(=O)OCc1ccc(C)c(C)c1)c1ccc(C)c(C)c1. The van der Waals surface area contributed by atoms with Crippen molar-refractivity contribution in [2.75, 3.05) is 12.1 Å². The van der Waals surface area contributed by atoms with Crippen LogP contribution in [-0.4, -0.2) is 19.3 Å². The minimum absolute atomic E-state index is 0.101. The van der Waals surface area contributed by atoms with E-state index >= 15 is 0 Å². The Morgan fingerprint density at radius 1 is 0.923 bits per heavy atom. The zero-order valence-electron chi connectivity index (χ0n) is 15.8. The molecule has 0 bridgehead atoms. The van der Waals surface area contributed by atoms with Gasteiger partial charge in [0, 0.05) is 0 Å². The van der Waals surface area contributed by atoms with Gasteiger partial charge >= 0.3 is 12.2 Å². The first-order valence-electron chi connectivity index (χ1n) is 8.26. The van der Waals surface area contributed by atoms with Gasteiger partial charge in [-0.3, -0.25) is 0 Å². The number of nitrogens with zero attached hydrogens (tertiary/aromatic N) is 1. The van der Waals surface area contributed by atoms with Gasteiger partial charge in [-0.15, -0.1) is 0 Å². The average molecular weight is 356 g/mol. The number of hydrogen-bond donors (Lipinski definition) is 1. The molecule has 2 amide bonds. The quantitative estimate of drug-likeness (QED) is 0.831. The van der Waals surface area contributed by atoms with Crippen LogP contribution < -0.4 is 10.4 Å². The lowest BCUT2D eigenvalue weighted by atomic mass is 10.1. The van der Waals surface area contributed by atoms with Gasteiger partial charge in [-0.1, -0.05) is 24.3 Å². The lowest BCUT2D eigenvalue weighted by molar-refractivity contribution is 0.138. The number of aryl methyl sites for hydroxylation is 4. The largest absolute Gasteiger partial charge is 0.452 e. The van der Waals surface area contributed by atoms with E-state index in [2.05, 4.69) is 10.2 Å². The molecule has 0 spiro atoms. The van der Waals surface area contributed by atoms with Crippen LogP contribution in [0.25, 0.3) is 0 Å². The Hall–Kier alpha value is -3.02. The molecule has 0 saturated carbocycles. The zero-order valence-corrected chi connectivity index (χ0v) is 15.8. The van der Waals surface area contributed by atoms with E-state index in [-0.39, 0.29) is 6.61 Å². The predicted octanol–water partition coefficient (Wildman–Crippen LogP) is 4.33. The van der Waals surface area contributed by atoms with E-state index in [4.69, 9.17) is 4.74 Å². The molecule has 0 aromatic heterocycles. The van der Waals surface area contributed by atoms with Crippen LogP contribution in [0.15, 0.2) is 36.4 Å². The number of rotatable bonds is 3. The van der Waals surface area contributed by atoms with Gasteiger partial charge in [-0.05, 0) is 67.6 Å². The van der Waals surface area contributed by atoms with E-state index < -0.39 is 12.2 Å². The van der Waals surface area contributed by atoms with Crippen molar-refractivity contribution in [3.8, 4) is 0 Å². The maximum Gasteiger partial charge on any atom is 0.433 e. The van der Waals surface area contributed by atoms with E-state index in [1.54, 1.807) is 12.1 Å². The van der Waals surface area contributed by atoms with Crippen LogP contribution in [0.5, 0.6) is 0 Å². The average Bonchev–Trinajstić information content (AvgIpc) is 2.62. The molecule has 1 N–H and O–H groups in total. The van der Waals surface area contributed by atoms with Crippen LogP contribution in [0.2, 0.25) is 0 Å². The molecule has 0 fully saturated rings. The van der Waals surface area contributed by atoms with Gasteiger partial charge in [-0.2, -0.15) is 5.01 Å². The van der Waals surface area contributed by atoms with Crippen molar-refractivity contribution in [3.05, 3.63) is 64.2 Å². The lowest BCUT2D eigenvalue weighted by Gasteiger charge is -2.22. The molecule has 138 valence electrons.